The summed E-state index contributed by atoms with van der Waals surface area (Å²) in [5.41, 5.74) is 2.23. The van der Waals surface area contributed by atoms with Crippen molar-refractivity contribution in [3.63, 3.8) is 0 Å². The third-order valence-electron chi connectivity index (χ3n) is 4.85. The molecule has 3 aromatic rings. The Morgan fingerprint density at radius 3 is 2.49 bits per heavy atom. The quantitative estimate of drug-likeness (QED) is 0.214. The van der Waals surface area contributed by atoms with E-state index in [1.54, 1.807) is 30.3 Å². The summed E-state index contributed by atoms with van der Waals surface area (Å²) in [5.74, 6) is -0.372. The molecule has 0 bridgehead atoms. The third-order valence-corrected chi connectivity index (χ3v) is 7.44. The number of carbonyl (C=O) groups excluding carboxylic acids is 3. The Morgan fingerprint density at radius 2 is 1.77 bits per heavy atom. The van der Waals surface area contributed by atoms with Crippen LogP contribution in [0.5, 0.6) is 5.75 Å². The topological polar surface area (TPSA) is 75.7 Å². The number of benzene rings is 3. The van der Waals surface area contributed by atoms with Crippen molar-refractivity contribution in [2.45, 2.75) is 6.61 Å². The van der Waals surface area contributed by atoms with Crippen LogP contribution in [-0.2, 0) is 16.2 Å². The molecule has 0 aromatic heterocycles. The highest BCUT2D eigenvalue weighted by molar-refractivity contribution is 14.1. The van der Waals surface area contributed by atoms with Crippen LogP contribution in [0.3, 0.4) is 0 Å². The standard InChI is InChI=1S/C25H17ClI2N2O4S/c26-17-6-8-19(9-7-17)29-22(31)13-30-24(32)21(35-25(30)33)11-16-10-18(27)12-20(28)23(16)34-14-15-4-2-1-3-5-15/h1-12H,13-14H2,(H,29,31)/b21-11+. The van der Waals surface area contributed by atoms with Gasteiger partial charge in [0.2, 0.25) is 5.91 Å². The number of anilines is 1. The van der Waals surface area contributed by atoms with Crippen molar-refractivity contribution in [1.82, 2.24) is 4.90 Å². The highest BCUT2D eigenvalue weighted by Crippen LogP contribution is 2.36. The molecule has 3 amide bonds. The van der Waals surface area contributed by atoms with Gasteiger partial charge < -0.3 is 10.1 Å². The number of hydrogen-bond acceptors (Lipinski definition) is 5. The number of halogens is 3. The van der Waals surface area contributed by atoms with Crippen LogP contribution in [0, 0.1) is 7.14 Å². The molecule has 1 fully saturated rings. The predicted octanol–water partition coefficient (Wildman–Crippen LogP) is 6.80. The van der Waals surface area contributed by atoms with Gasteiger partial charge in [0.25, 0.3) is 11.1 Å². The lowest BCUT2D eigenvalue weighted by molar-refractivity contribution is -0.127. The van der Waals surface area contributed by atoms with E-state index in [1.807, 2.05) is 42.5 Å². The van der Waals surface area contributed by atoms with Crippen LogP contribution in [0.2, 0.25) is 5.02 Å². The highest BCUT2D eigenvalue weighted by atomic mass is 127. The molecule has 0 unspecified atom stereocenters. The first-order chi connectivity index (χ1) is 16.8. The molecule has 0 saturated carbocycles. The molecule has 4 rings (SSSR count). The van der Waals surface area contributed by atoms with Gasteiger partial charge in [-0.3, -0.25) is 19.3 Å². The van der Waals surface area contributed by atoms with Crippen molar-refractivity contribution in [3.05, 3.63) is 94.9 Å². The summed E-state index contributed by atoms with van der Waals surface area (Å²) in [5, 5.41) is 2.70. The van der Waals surface area contributed by atoms with Gasteiger partial charge in [-0.2, -0.15) is 0 Å². The normalized spacial score (nSPS) is 14.5. The van der Waals surface area contributed by atoms with Crippen molar-refractivity contribution in [2.24, 2.45) is 0 Å². The molecule has 1 saturated heterocycles. The molecule has 0 atom stereocenters. The predicted molar refractivity (Wildman–Crippen MR) is 155 cm³/mol. The minimum absolute atomic E-state index is 0.233. The van der Waals surface area contributed by atoms with Gasteiger partial charge in [-0.05, 0) is 105 Å². The molecule has 6 nitrogen and oxygen atoms in total. The maximum atomic E-state index is 13.0. The van der Waals surface area contributed by atoms with Gasteiger partial charge in [0.15, 0.2) is 0 Å². The second-order valence-corrected chi connectivity index (χ2v) is 11.2. The fourth-order valence-electron chi connectivity index (χ4n) is 3.22. The number of hydrogen-bond donors (Lipinski definition) is 1. The van der Waals surface area contributed by atoms with Crippen molar-refractivity contribution in [2.75, 3.05) is 11.9 Å². The maximum Gasteiger partial charge on any atom is 0.294 e. The van der Waals surface area contributed by atoms with Crippen LogP contribution in [-0.4, -0.2) is 28.5 Å². The van der Waals surface area contributed by atoms with Crippen molar-refractivity contribution >= 4 is 97.4 Å². The number of amides is 3. The largest absolute Gasteiger partial charge is 0.487 e. The Labute approximate surface area is 238 Å². The first-order valence-corrected chi connectivity index (χ1v) is 13.6. The van der Waals surface area contributed by atoms with Gasteiger partial charge in [0.05, 0.1) is 8.48 Å². The third kappa shape index (κ3) is 6.78. The smallest absolute Gasteiger partial charge is 0.294 e. The molecule has 0 spiro atoms. The van der Waals surface area contributed by atoms with Crippen LogP contribution < -0.4 is 10.1 Å². The summed E-state index contributed by atoms with van der Waals surface area (Å²) >= 11 is 11.1. The van der Waals surface area contributed by atoms with E-state index in [0.29, 0.717) is 28.6 Å². The summed E-state index contributed by atoms with van der Waals surface area (Å²) in [6.07, 6.45) is 1.65. The lowest BCUT2D eigenvalue weighted by atomic mass is 10.1. The van der Waals surface area contributed by atoms with Gasteiger partial charge in [0, 0.05) is 19.8 Å². The van der Waals surface area contributed by atoms with E-state index >= 15 is 0 Å². The van der Waals surface area contributed by atoms with Gasteiger partial charge in [-0.15, -0.1) is 0 Å². The van der Waals surface area contributed by atoms with Gasteiger partial charge in [0.1, 0.15) is 18.9 Å². The molecule has 1 aliphatic heterocycles. The van der Waals surface area contributed by atoms with E-state index < -0.39 is 17.1 Å². The lowest BCUT2D eigenvalue weighted by Crippen LogP contribution is -2.36. The summed E-state index contributed by atoms with van der Waals surface area (Å²) in [4.78, 5) is 39.1. The van der Waals surface area contributed by atoms with E-state index in [1.165, 1.54) is 0 Å². The van der Waals surface area contributed by atoms with Crippen LogP contribution in [0.4, 0.5) is 10.5 Å². The molecule has 10 heteroatoms. The first-order valence-electron chi connectivity index (χ1n) is 10.3. The summed E-state index contributed by atoms with van der Waals surface area (Å²) in [6.45, 7) is -0.0174. The second kappa shape index (κ2) is 11.8. The Balaban J connectivity index is 1.51. The average molecular weight is 731 g/mol. The Kier molecular flexibility index (Phi) is 8.73. The lowest BCUT2D eigenvalue weighted by Gasteiger charge is -2.13. The van der Waals surface area contributed by atoms with E-state index in [9.17, 15) is 14.4 Å². The van der Waals surface area contributed by atoms with Crippen LogP contribution in [0.15, 0.2) is 71.6 Å². The summed E-state index contributed by atoms with van der Waals surface area (Å²) < 4.78 is 7.95. The van der Waals surface area contributed by atoms with Crippen molar-refractivity contribution in [3.8, 4) is 5.75 Å². The van der Waals surface area contributed by atoms with Crippen molar-refractivity contribution in [1.29, 1.82) is 0 Å². The zero-order valence-electron chi connectivity index (χ0n) is 18.0. The fourth-order valence-corrected chi connectivity index (χ4v) is 6.22. The van der Waals surface area contributed by atoms with Gasteiger partial charge in [-0.1, -0.05) is 41.9 Å². The Hall–Kier alpha value is -2.09. The zero-order valence-corrected chi connectivity index (χ0v) is 23.9. The number of ether oxygens (including phenoxy) is 1. The molecule has 1 heterocycles. The fraction of sp³-hybridized carbons (Fsp3) is 0.0800. The number of rotatable bonds is 7. The number of imide groups is 1. The minimum atomic E-state index is -0.519. The van der Waals surface area contributed by atoms with Crippen LogP contribution in [0.1, 0.15) is 11.1 Å². The molecule has 35 heavy (non-hydrogen) atoms. The van der Waals surface area contributed by atoms with Gasteiger partial charge in [-0.25, -0.2) is 0 Å². The Morgan fingerprint density at radius 1 is 1.06 bits per heavy atom. The maximum absolute atomic E-state index is 13.0. The van der Waals surface area contributed by atoms with Crippen LogP contribution in [0.25, 0.3) is 6.08 Å². The number of thioether (sulfide) groups is 1. The molecule has 178 valence electrons. The summed E-state index contributed by atoms with van der Waals surface area (Å²) in [7, 11) is 0. The molecular weight excluding hydrogens is 714 g/mol. The van der Waals surface area contributed by atoms with E-state index in [-0.39, 0.29) is 11.4 Å². The minimum Gasteiger partial charge on any atom is -0.487 e. The molecule has 0 aliphatic carbocycles. The molecule has 1 N–H and O–H groups in total. The number of nitrogens with one attached hydrogen (secondary N) is 1. The Bertz CT molecular complexity index is 1320. The van der Waals surface area contributed by atoms with Crippen LogP contribution >= 0.6 is 68.5 Å². The van der Waals surface area contributed by atoms with Crippen molar-refractivity contribution < 1.29 is 19.1 Å². The highest BCUT2D eigenvalue weighted by Gasteiger charge is 2.36. The first kappa shape index (κ1) is 26.0. The SMILES string of the molecule is O=C(CN1C(=O)S/C(=C/c2cc(I)cc(I)c2OCc2ccccc2)C1=O)Nc1ccc(Cl)cc1. The molecule has 1 aliphatic rings. The van der Waals surface area contributed by atoms with E-state index in [4.69, 9.17) is 16.3 Å². The zero-order chi connectivity index (χ0) is 24.9. The second-order valence-electron chi connectivity index (χ2n) is 7.40. The summed E-state index contributed by atoms with van der Waals surface area (Å²) in [6, 6.07) is 20.2. The number of nitrogens with zero attached hydrogens (tertiary/aromatic N) is 1. The monoisotopic (exact) mass is 730 g/mol. The molecule has 3 aromatic carbocycles. The molecule has 0 radical (unpaired) electrons. The van der Waals surface area contributed by atoms with Gasteiger partial charge >= 0.3 is 0 Å². The molecular formula is C25H17ClI2N2O4S. The van der Waals surface area contributed by atoms with E-state index in [0.717, 1.165) is 29.4 Å². The average Bonchev–Trinajstić information content (AvgIpc) is 3.08. The number of carbonyl (C=O) groups is 3. The van der Waals surface area contributed by atoms with E-state index in [2.05, 4.69) is 50.5 Å².